The van der Waals surface area contributed by atoms with E-state index in [1.807, 2.05) is 37.3 Å². The predicted octanol–water partition coefficient (Wildman–Crippen LogP) is 3.45. The van der Waals surface area contributed by atoms with Gasteiger partial charge in [0.25, 0.3) is 0 Å². The maximum atomic E-state index is 11.6. The molecular weight excluding hydrogens is 330 g/mol. The predicted molar refractivity (Wildman–Crippen MR) is 98.6 cm³/mol. The van der Waals surface area contributed by atoms with Crippen molar-refractivity contribution in [3.05, 3.63) is 70.8 Å². The number of benzene rings is 2. The second-order valence-corrected chi connectivity index (χ2v) is 5.56. The fraction of sp³-hybridized carbons (Fsp3) is 0.238. The summed E-state index contributed by atoms with van der Waals surface area (Å²) in [6, 6.07) is 14.7. The van der Waals surface area contributed by atoms with Gasteiger partial charge < -0.3 is 14.8 Å². The standard InChI is InChI=1S/C21H21NO4/c1-16-14-19(20(23)25-2)12-11-18(16)10-6-7-13-22-21(24)26-15-17-8-4-3-5-9-17/h3-5,8-9,11-12,14H,7,13,15H2,1-2H3,(H,22,24). The number of nitrogens with one attached hydrogen (secondary N) is 1. The Hall–Kier alpha value is -3.26. The number of ether oxygens (including phenoxy) is 2. The van der Waals surface area contributed by atoms with Crippen LogP contribution in [0.2, 0.25) is 0 Å². The average molecular weight is 351 g/mol. The molecule has 2 aromatic carbocycles. The van der Waals surface area contributed by atoms with Crippen molar-refractivity contribution in [2.45, 2.75) is 20.0 Å². The van der Waals surface area contributed by atoms with Crippen LogP contribution in [-0.4, -0.2) is 25.7 Å². The Morgan fingerprint density at radius 3 is 2.58 bits per heavy atom. The van der Waals surface area contributed by atoms with Gasteiger partial charge in [0.1, 0.15) is 6.61 Å². The first-order valence-corrected chi connectivity index (χ1v) is 8.22. The summed E-state index contributed by atoms with van der Waals surface area (Å²) in [5.41, 5.74) is 3.17. The van der Waals surface area contributed by atoms with E-state index >= 15 is 0 Å². The van der Waals surface area contributed by atoms with Crippen LogP contribution < -0.4 is 5.32 Å². The Morgan fingerprint density at radius 1 is 1.12 bits per heavy atom. The van der Waals surface area contributed by atoms with Crippen LogP contribution in [-0.2, 0) is 16.1 Å². The summed E-state index contributed by atoms with van der Waals surface area (Å²) in [7, 11) is 1.35. The number of rotatable bonds is 5. The molecular formula is C21H21NO4. The first-order chi connectivity index (χ1) is 12.6. The topological polar surface area (TPSA) is 64.6 Å². The third-order valence-electron chi connectivity index (χ3n) is 3.60. The van der Waals surface area contributed by atoms with Gasteiger partial charge in [-0.05, 0) is 36.2 Å². The summed E-state index contributed by atoms with van der Waals surface area (Å²) < 4.78 is 9.80. The number of methoxy groups -OCH3 is 1. The van der Waals surface area contributed by atoms with Crippen molar-refractivity contribution in [1.82, 2.24) is 5.32 Å². The Labute approximate surface area is 153 Å². The molecule has 1 N–H and O–H groups in total. The van der Waals surface area contributed by atoms with Crippen molar-refractivity contribution in [1.29, 1.82) is 0 Å². The van der Waals surface area contributed by atoms with E-state index in [0.29, 0.717) is 18.5 Å². The van der Waals surface area contributed by atoms with Crippen LogP contribution >= 0.6 is 0 Å². The minimum atomic E-state index is -0.464. The minimum absolute atomic E-state index is 0.240. The van der Waals surface area contributed by atoms with Gasteiger partial charge in [0.05, 0.1) is 12.7 Å². The summed E-state index contributed by atoms with van der Waals surface area (Å²) in [4.78, 5) is 23.1. The summed E-state index contributed by atoms with van der Waals surface area (Å²) >= 11 is 0. The molecule has 26 heavy (non-hydrogen) atoms. The molecule has 5 heteroatoms. The van der Waals surface area contributed by atoms with E-state index in [2.05, 4.69) is 21.9 Å². The van der Waals surface area contributed by atoms with Crippen molar-refractivity contribution < 1.29 is 19.1 Å². The van der Waals surface area contributed by atoms with Crippen LogP contribution in [0.25, 0.3) is 0 Å². The molecule has 0 aliphatic heterocycles. The van der Waals surface area contributed by atoms with Gasteiger partial charge in [-0.2, -0.15) is 0 Å². The van der Waals surface area contributed by atoms with E-state index in [0.717, 1.165) is 16.7 Å². The van der Waals surface area contributed by atoms with Crippen LogP contribution in [0.3, 0.4) is 0 Å². The molecule has 0 atom stereocenters. The van der Waals surface area contributed by atoms with Crippen LogP contribution in [0, 0.1) is 18.8 Å². The molecule has 0 saturated heterocycles. The smallest absolute Gasteiger partial charge is 0.407 e. The molecule has 0 heterocycles. The summed E-state index contributed by atoms with van der Waals surface area (Å²) in [6.45, 7) is 2.53. The van der Waals surface area contributed by atoms with E-state index in [9.17, 15) is 9.59 Å². The van der Waals surface area contributed by atoms with Gasteiger partial charge in [0, 0.05) is 18.5 Å². The van der Waals surface area contributed by atoms with Gasteiger partial charge in [-0.3, -0.25) is 0 Å². The van der Waals surface area contributed by atoms with Gasteiger partial charge in [-0.25, -0.2) is 9.59 Å². The monoisotopic (exact) mass is 351 g/mol. The largest absolute Gasteiger partial charge is 0.465 e. The molecule has 134 valence electrons. The minimum Gasteiger partial charge on any atom is -0.465 e. The Bertz CT molecular complexity index is 819. The number of hydrogen-bond donors (Lipinski definition) is 1. The Morgan fingerprint density at radius 2 is 1.88 bits per heavy atom. The molecule has 0 saturated carbocycles. The second kappa shape index (κ2) is 9.90. The maximum absolute atomic E-state index is 11.6. The first-order valence-electron chi connectivity index (χ1n) is 8.22. The van der Waals surface area contributed by atoms with Crippen molar-refractivity contribution in [3.63, 3.8) is 0 Å². The average Bonchev–Trinajstić information content (AvgIpc) is 2.67. The zero-order chi connectivity index (χ0) is 18.8. The van der Waals surface area contributed by atoms with E-state index < -0.39 is 6.09 Å². The first kappa shape index (κ1) is 19.1. The number of alkyl carbamates (subject to hydrolysis) is 1. The SMILES string of the molecule is COC(=O)c1ccc(C#CCCNC(=O)OCc2ccccc2)c(C)c1. The number of amides is 1. The normalized spacial score (nSPS) is 9.62. The van der Waals surface area contributed by atoms with Crippen molar-refractivity contribution in [2.24, 2.45) is 0 Å². The van der Waals surface area contributed by atoms with Crippen LogP contribution in [0.15, 0.2) is 48.5 Å². The molecule has 0 aliphatic rings. The van der Waals surface area contributed by atoms with Gasteiger partial charge >= 0.3 is 12.1 Å². The van der Waals surface area contributed by atoms with Crippen LogP contribution in [0.5, 0.6) is 0 Å². The zero-order valence-electron chi connectivity index (χ0n) is 14.9. The van der Waals surface area contributed by atoms with Crippen LogP contribution in [0.4, 0.5) is 4.79 Å². The lowest BCUT2D eigenvalue weighted by molar-refractivity contribution is 0.0600. The molecule has 0 unspecified atom stereocenters. The second-order valence-electron chi connectivity index (χ2n) is 5.56. The summed E-state index contributed by atoms with van der Waals surface area (Å²) in [6.07, 6.45) is 0.0350. The number of aryl methyl sites for hydroxylation is 1. The lowest BCUT2D eigenvalue weighted by atomic mass is 10.1. The Kier molecular flexibility index (Phi) is 7.26. The van der Waals surface area contributed by atoms with Crippen LogP contribution in [0.1, 0.15) is 33.5 Å². The fourth-order valence-corrected chi connectivity index (χ4v) is 2.21. The summed E-state index contributed by atoms with van der Waals surface area (Å²) in [5, 5.41) is 2.66. The Balaban J connectivity index is 1.75. The summed E-state index contributed by atoms with van der Waals surface area (Å²) in [5.74, 6) is 5.66. The lowest BCUT2D eigenvalue weighted by Gasteiger charge is -2.05. The molecule has 2 aromatic rings. The highest BCUT2D eigenvalue weighted by Crippen LogP contribution is 2.11. The highest BCUT2D eigenvalue weighted by Gasteiger charge is 2.06. The van der Waals surface area contributed by atoms with E-state index in [-0.39, 0.29) is 12.6 Å². The maximum Gasteiger partial charge on any atom is 0.407 e. The third kappa shape index (κ3) is 5.99. The number of carbonyl (C=O) groups excluding carboxylic acids is 2. The van der Waals surface area contributed by atoms with Gasteiger partial charge in [0.15, 0.2) is 0 Å². The molecule has 0 bridgehead atoms. The van der Waals surface area contributed by atoms with E-state index in [1.54, 1.807) is 18.2 Å². The lowest BCUT2D eigenvalue weighted by Crippen LogP contribution is -2.24. The molecule has 0 fully saturated rings. The number of esters is 1. The molecule has 0 spiro atoms. The fourth-order valence-electron chi connectivity index (χ4n) is 2.21. The van der Waals surface area contributed by atoms with E-state index in [4.69, 9.17) is 4.74 Å². The van der Waals surface area contributed by atoms with E-state index in [1.165, 1.54) is 7.11 Å². The number of carbonyl (C=O) groups is 2. The highest BCUT2D eigenvalue weighted by molar-refractivity contribution is 5.89. The molecule has 5 nitrogen and oxygen atoms in total. The molecule has 0 aromatic heterocycles. The molecule has 0 radical (unpaired) electrons. The zero-order valence-corrected chi connectivity index (χ0v) is 14.9. The van der Waals surface area contributed by atoms with Crippen molar-refractivity contribution >= 4 is 12.1 Å². The van der Waals surface area contributed by atoms with Gasteiger partial charge in [0.2, 0.25) is 0 Å². The third-order valence-corrected chi connectivity index (χ3v) is 3.60. The van der Waals surface area contributed by atoms with Crippen molar-refractivity contribution in [2.75, 3.05) is 13.7 Å². The van der Waals surface area contributed by atoms with Crippen molar-refractivity contribution in [3.8, 4) is 11.8 Å². The molecule has 0 aliphatic carbocycles. The quantitative estimate of drug-likeness (QED) is 0.509. The van der Waals surface area contributed by atoms with Gasteiger partial charge in [-0.1, -0.05) is 42.2 Å². The highest BCUT2D eigenvalue weighted by atomic mass is 16.5. The van der Waals surface area contributed by atoms with Gasteiger partial charge in [-0.15, -0.1) is 0 Å². The molecule has 1 amide bonds. The molecule has 2 rings (SSSR count). The number of hydrogen-bond acceptors (Lipinski definition) is 4.